The largest absolute Gasteiger partial charge is 0.459 e. The van der Waals surface area contributed by atoms with Gasteiger partial charge in [0.2, 0.25) is 5.91 Å². The first-order chi connectivity index (χ1) is 13.1. The maximum Gasteiger partial charge on any atom is 0.305 e. The van der Waals surface area contributed by atoms with Gasteiger partial charge in [-0.25, -0.2) is 0 Å². The van der Waals surface area contributed by atoms with E-state index in [0.717, 1.165) is 36.5 Å². The summed E-state index contributed by atoms with van der Waals surface area (Å²) in [4.78, 5) is 37.1. The van der Waals surface area contributed by atoms with E-state index in [4.69, 9.17) is 4.42 Å². The number of para-hydroxylation sites is 1. The number of benzene rings is 1. The maximum atomic E-state index is 12.3. The molecular formula is C19H23N4O4+. The molecule has 1 fully saturated rings. The Morgan fingerprint density at radius 2 is 1.74 bits per heavy atom. The van der Waals surface area contributed by atoms with E-state index >= 15 is 0 Å². The van der Waals surface area contributed by atoms with Crippen molar-refractivity contribution in [1.82, 2.24) is 10.9 Å². The van der Waals surface area contributed by atoms with Crippen molar-refractivity contribution in [1.29, 1.82) is 0 Å². The monoisotopic (exact) mass is 371 g/mol. The zero-order chi connectivity index (χ0) is 19.1. The second kappa shape index (κ2) is 9.00. The second-order valence-electron chi connectivity index (χ2n) is 6.54. The summed E-state index contributed by atoms with van der Waals surface area (Å²) in [6.07, 6.45) is 2.83. The van der Waals surface area contributed by atoms with Crippen LogP contribution in [0.2, 0.25) is 0 Å². The van der Waals surface area contributed by atoms with Crippen molar-refractivity contribution < 1.29 is 23.7 Å². The van der Waals surface area contributed by atoms with Crippen LogP contribution < -0.4 is 21.1 Å². The normalized spacial score (nSPS) is 19.1. The van der Waals surface area contributed by atoms with Gasteiger partial charge in [-0.2, -0.15) is 0 Å². The molecule has 3 amide bonds. The third kappa shape index (κ3) is 5.42. The number of carbonyl (C=O) groups is 3. The highest BCUT2D eigenvalue weighted by Crippen LogP contribution is 2.14. The van der Waals surface area contributed by atoms with E-state index in [-0.39, 0.29) is 30.0 Å². The number of piperidine rings is 1. The Labute approximate surface area is 156 Å². The molecule has 0 saturated carbocycles. The van der Waals surface area contributed by atoms with Gasteiger partial charge >= 0.3 is 5.91 Å². The number of hydrogen-bond donors (Lipinski definition) is 4. The lowest BCUT2D eigenvalue weighted by Gasteiger charge is -2.28. The van der Waals surface area contributed by atoms with Crippen LogP contribution in [0, 0.1) is 5.92 Å². The molecule has 0 atom stereocenters. The minimum atomic E-state index is -0.500. The number of rotatable bonds is 5. The fourth-order valence-electron chi connectivity index (χ4n) is 3.10. The zero-order valence-electron chi connectivity index (χ0n) is 14.9. The molecule has 8 nitrogen and oxygen atoms in total. The first-order valence-corrected chi connectivity index (χ1v) is 8.94. The highest BCUT2D eigenvalue weighted by Gasteiger charge is 2.28. The van der Waals surface area contributed by atoms with Crippen LogP contribution in [0.3, 0.4) is 0 Å². The van der Waals surface area contributed by atoms with E-state index in [9.17, 15) is 14.4 Å². The Morgan fingerprint density at radius 3 is 2.41 bits per heavy atom. The molecule has 0 spiro atoms. The number of nitrogens with one attached hydrogen (secondary N) is 4. The van der Waals surface area contributed by atoms with E-state index in [0.29, 0.717) is 0 Å². The number of hydrogen-bond acceptors (Lipinski definition) is 4. The van der Waals surface area contributed by atoms with Crippen molar-refractivity contribution >= 4 is 23.4 Å². The molecule has 1 saturated heterocycles. The van der Waals surface area contributed by atoms with Crippen molar-refractivity contribution in [3.05, 3.63) is 54.5 Å². The summed E-state index contributed by atoms with van der Waals surface area (Å²) in [5.74, 6) is -0.671. The van der Waals surface area contributed by atoms with Gasteiger partial charge in [0.1, 0.15) is 0 Å². The molecule has 0 radical (unpaired) electrons. The van der Waals surface area contributed by atoms with Gasteiger partial charge in [0.15, 0.2) is 12.3 Å². The predicted octanol–water partition coefficient (Wildman–Crippen LogP) is -0.0258. The minimum Gasteiger partial charge on any atom is -0.459 e. The van der Waals surface area contributed by atoms with Crippen LogP contribution >= 0.6 is 0 Å². The average molecular weight is 371 g/mol. The number of furan rings is 1. The quantitative estimate of drug-likeness (QED) is 0.554. The van der Waals surface area contributed by atoms with Gasteiger partial charge in [-0.05, 0) is 24.3 Å². The molecule has 0 unspecified atom stereocenters. The van der Waals surface area contributed by atoms with Gasteiger partial charge in [-0.1, -0.05) is 18.2 Å². The van der Waals surface area contributed by atoms with Crippen molar-refractivity contribution in [3.8, 4) is 0 Å². The summed E-state index contributed by atoms with van der Waals surface area (Å²) < 4.78 is 4.95. The van der Waals surface area contributed by atoms with E-state index in [2.05, 4.69) is 16.2 Å². The molecule has 1 aliphatic rings. The highest BCUT2D eigenvalue weighted by atomic mass is 16.3. The van der Waals surface area contributed by atoms with Crippen LogP contribution in [0.15, 0.2) is 53.1 Å². The summed E-state index contributed by atoms with van der Waals surface area (Å²) in [5.41, 5.74) is 5.50. The molecule has 1 aromatic heterocycles. The number of amides is 3. The van der Waals surface area contributed by atoms with Crippen LogP contribution in [0.5, 0.6) is 0 Å². The van der Waals surface area contributed by atoms with Gasteiger partial charge in [0.05, 0.1) is 19.4 Å². The Kier molecular flexibility index (Phi) is 6.22. The SMILES string of the molecule is O=C(C[NH+]1CCC(C(=O)Nc2ccccc2)CC1)NNC(=O)c1ccco1. The molecule has 2 heterocycles. The standard InChI is InChI=1S/C19H22N4O4/c24-17(21-22-19(26)16-7-4-12-27-16)13-23-10-8-14(9-11-23)18(25)20-15-5-2-1-3-6-15/h1-7,12,14H,8-11,13H2,(H,20,25)(H,21,24)(H,22,26)/p+1. The second-order valence-corrected chi connectivity index (χ2v) is 6.54. The molecule has 4 N–H and O–H groups in total. The highest BCUT2D eigenvalue weighted by molar-refractivity contribution is 5.93. The molecule has 0 bridgehead atoms. The fraction of sp³-hybridized carbons (Fsp3) is 0.316. The van der Waals surface area contributed by atoms with Crippen molar-refractivity contribution in [2.45, 2.75) is 12.8 Å². The van der Waals surface area contributed by atoms with Crippen molar-refractivity contribution in [3.63, 3.8) is 0 Å². The molecule has 2 aromatic rings. The topological polar surface area (TPSA) is 105 Å². The Bertz CT molecular complexity index is 768. The number of quaternary nitrogens is 1. The lowest BCUT2D eigenvalue weighted by atomic mass is 9.96. The number of carbonyl (C=O) groups excluding carboxylic acids is 3. The molecule has 142 valence electrons. The lowest BCUT2D eigenvalue weighted by molar-refractivity contribution is -0.897. The molecule has 27 heavy (non-hydrogen) atoms. The predicted molar refractivity (Wildman–Crippen MR) is 97.7 cm³/mol. The Hall–Kier alpha value is -3.13. The van der Waals surface area contributed by atoms with Gasteiger partial charge in [-0.3, -0.25) is 25.2 Å². The van der Waals surface area contributed by atoms with E-state index in [1.165, 1.54) is 12.3 Å². The lowest BCUT2D eigenvalue weighted by Crippen LogP contribution is -3.14. The summed E-state index contributed by atoms with van der Waals surface area (Å²) in [6.45, 7) is 1.70. The first-order valence-electron chi connectivity index (χ1n) is 8.94. The number of anilines is 1. The fourth-order valence-corrected chi connectivity index (χ4v) is 3.10. The Morgan fingerprint density at radius 1 is 1.00 bits per heavy atom. The summed E-state index contributed by atoms with van der Waals surface area (Å²) in [7, 11) is 0. The van der Waals surface area contributed by atoms with Crippen molar-refractivity contribution in [2.24, 2.45) is 5.92 Å². The van der Waals surface area contributed by atoms with Gasteiger partial charge < -0.3 is 14.6 Å². The van der Waals surface area contributed by atoms with Crippen LogP contribution in [-0.2, 0) is 9.59 Å². The summed E-state index contributed by atoms with van der Waals surface area (Å²) in [6, 6.07) is 12.5. The molecule has 8 heteroatoms. The van der Waals surface area contributed by atoms with Crippen LogP contribution in [0.1, 0.15) is 23.4 Å². The summed E-state index contributed by atoms with van der Waals surface area (Å²) >= 11 is 0. The zero-order valence-corrected chi connectivity index (χ0v) is 14.9. The number of likely N-dealkylation sites (tertiary alicyclic amines) is 1. The summed E-state index contributed by atoms with van der Waals surface area (Å²) in [5, 5.41) is 2.93. The van der Waals surface area contributed by atoms with Crippen LogP contribution in [0.4, 0.5) is 5.69 Å². The van der Waals surface area contributed by atoms with E-state index < -0.39 is 5.91 Å². The smallest absolute Gasteiger partial charge is 0.305 e. The average Bonchev–Trinajstić information content (AvgIpc) is 3.22. The molecule has 0 aliphatic carbocycles. The molecular weight excluding hydrogens is 348 g/mol. The van der Waals surface area contributed by atoms with Crippen LogP contribution in [-0.4, -0.2) is 37.4 Å². The van der Waals surface area contributed by atoms with Gasteiger partial charge in [0.25, 0.3) is 5.91 Å². The van der Waals surface area contributed by atoms with E-state index in [1.54, 1.807) is 6.07 Å². The number of hydrazine groups is 1. The molecule has 1 aliphatic heterocycles. The van der Waals surface area contributed by atoms with Crippen molar-refractivity contribution in [2.75, 3.05) is 25.0 Å². The van der Waals surface area contributed by atoms with Crippen LogP contribution in [0.25, 0.3) is 0 Å². The Balaban J connectivity index is 1.37. The third-order valence-corrected chi connectivity index (χ3v) is 4.58. The van der Waals surface area contributed by atoms with Gasteiger partial charge in [0, 0.05) is 24.4 Å². The van der Waals surface area contributed by atoms with Gasteiger partial charge in [-0.15, -0.1) is 0 Å². The third-order valence-electron chi connectivity index (χ3n) is 4.58. The van der Waals surface area contributed by atoms with E-state index in [1.807, 2.05) is 30.3 Å². The maximum absolute atomic E-state index is 12.3. The first kappa shape index (κ1) is 18.7. The minimum absolute atomic E-state index is 0.0235. The molecule has 1 aromatic carbocycles. The molecule has 3 rings (SSSR count).